The van der Waals surface area contributed by atoms with E-state index in [9.17, 15) is 9.59 Å². The summed E-state index contributed by atoms with van der Waals surface area (Å²) in [4.78, 5) is 33.4. The second kappa shape index (κ2) is 11.7. The number of carbonyl (C=O) groups is 2. The topological polar surface area (TPSA) is 98.7 Å². The molecule has 0 bridgehead atoms. The van der Waals surface area contributed by atoms with Crippen molar-refractivity contribution in [3.05, 3.63) is 29.6 Å². The van der Waals surface area contributed by atoms with Gasteiger partial charge in [-0.15, -0.1) is 0 Å². The third-order valence-electron chi connectivity index (χ3n) is 8.92. The lowest BCUT2D eigenvalue weighted by molar-refractivity contribution is -0.121. The van der Waals surface area contributed by atoms with Crippen LogP contribution in [0.3, 0.4) is 0 Å². The van der Waals surface area contributed by atoms with E-state index in [1.807, 2.05) is 34.6 Å². The number of amidine groups is 1. The molecule has 3 atom stereocenters. The summed E-state index contributed by atoms with van der Waals surface area (Å²) in [6, 6.07) is 5.69. The molecule has 244 valence electrons. The lowest BCUT2D eigenvalue weighted by Gasteiger charge is -2.37. The Hall–Kier alpha value is -1.93. The van der Waals surface area contributed by atoms with Gasteiger partial charge in [0.05, 0.1) is 16.7 Å². The number of hydrogen-bond acceptors (Lipinski definition) is 8. The molecule has 1 aliphatic carbocycles. The Morgan fingerprint density at radius 1 is 1.16 bits per heavy atom. The number of fused-ring (bicyclic) bond motifs is 1. The Morgan fingerprint density at radius 3 is 2.32 bits per heavy atom. The van der Waals surface area contributed by atoms with Gasteiger partial charge < -0.3 is 24.1 Å². The van der Waals surface area contributed by atoms with Crippen LogP contribution in [0.2, 0.25) is 25.7 Å². The van der Waals surface area contributed by atoms with Gasteiger partial charge in [0.1, 0.15) is 22.9 Å². The second-order valence-electron chi connectivity index (χ2n) is 15.5. The number of aliphatic imine (C=N–C) groups is 1. The molecule has 0 aromatic heterocycles. The van der Waals surface area contributed by atoms with Crippen LogP contribution >= 0.6 is 11.8 Å². The Morgan fingerprint density at radius 2 is 1.77 bits per heavy atom. The minimum atomic E-state index is -1.39. The Labute approximate surface area is 267 Å². The van der Waals surface area contributed by atoms with Crippen molar-refractivity contribution >= 4 is 49.6 Å². The molecular weight excluding hydrogens is 600 g/mol. The normalized spacial score (nSPS) is 27.3. The molecule has 3 aliphatic rings. The van der Waals surface area contributed by atoms with Gasteiger partial charge in [-0.25, -0.2) is 14.1 Å². The number of halogens is 1. The molecular formula is C31H49BFN3O6SSi. The number of ether oxygens (including phenoxy) is 2. The number of nitrogens with zero attached hydrogens (tertiary/aromatic N) is 2. The first-order chi connectivity index (χ1) is 20.1. The SMILES string of the molecule is CNC(=O)[C@]12CC1[C@@](C)(c1cc(B3OC(C)(C)C(C)(C)O3)ccc1F)N=C(N(COCC[Si](C)(C)C)C(=O)OC(C)(C)C)S2. The summed E-state index contributed by atoms with van der Waals surface area (Å²) < 4.78 is 39.2. The van der Waals surface area contributed by atoms with E-state index >= 15 is 4.39 Å². The second-order valence-corrected chi connectivity index (χ2v) is 22.4. The van der Waals surface area contributed by atoms with Gasteiger partial charge >= 0.3 is 13.2 Å². The first-order valence-corrected chi connectivity index (χ1v) is 19.8. The van der Waals surface area contributed by atoms with Gasteiger partial charge in [-0.1, -0.05) is 43.5 Å². The van der Waals surface area contributed by atoms with Crippen molar-refractivity contribution in [2.24, 2.45) is 10.9 Å². The molecule has 1 aromatic carbocycles. The number of rotatable bonds is 8. The van der Waals surface area contributed by atoms with E-state index in [2.05, 4.69) is 25.0 Å². The first kappa shape index (κ1) is 34.9. The van der Waals surface area contributed by atoms with E-state index in [1.165, 1.54) is 22.7 Å². The molecule has 1 saturated carbocycles. The number of hydrogen-bond donors (Lipinski definition) is 1. The van der Waals surface area contributed by atoms with Gasteiger partial charge in [-0.05, 0) is 79.4 Å². The monoisotopic (exact) mass is 649 g/mol. The molecule has 9 nitrogen and oxygen atoms in total. The number of benzene rings is 1. The van der Waals surface area contributed by atoms with E-state index in [4.69, 9.17) is 23.8 Å². The molecule has 4 rings (SSSR count). The van der Waals surface area contributed by atoms with E-state index < -0.39 is 54.2 Å². The molecule has 1 saturated heterocycles. The highest BCUT2D eigenvalue weighted by molar-refractivity contribution is 8.16. The number of thioether (sulfide) groups is 1. The Bertz CT molecular complexity index is 1320. The highest BCUT2D eigenvalue weighted by Crippen LogP contribution is 2.66. The highest BCUT2D eigenvalue weighted by Gasteiger charge is 2.71. The molecule has 44 heavy (non-hydrogen) atoms. The molecule has 0 spiro atoms. The van der Waals surface area contributed by atoms with Crippen LogP contribution < -0.4 is 10.8 Å². The van der Waals surface area contributed by atoms with Gasteiger partial charge in [0.15, 0.2) is 5.17 Å². The van der Waals surface area contributed by atoms with Crippen molar-refractivity contribution < 1.29 is 32.8 Å². The molecule has 2 aliphatic heterocycles. The van der Waals surface area contributed by atoms with Crippen LogP contribution in [0.1, 0.15) is 67.4 Å². The molecule has 2 amide bonds. The highest BCUT2D eigenvalue weighted by atomic mass is 32.2. The van der Waals surface area contributed by atoms with E-state index in [0.29, 0.717) is 24.1 Å². The summed E-state index contributed by atoms with van der Waals surface area (Å²) in [6.07, 6.45) is -0.184. The lowest BCUT2D eigenvalue weighted by Crippen LogP contribution is -2.48. The van der Waals surface area contributed by atoms with E-state index in [1.54, 1.807) is 40.0 Å². The third kappa shape index (κ3) is 6.91. The fraction of sp³-hybridized carbons (Fsp3) is 0.710. The zero-order valence-electron chi connectivity index (χ0n) is 28.3. The van der Waals surface area contributed by atoms with E-state index in [0.717, 1.165) is 6.04 Å². The van der Waals surface area contributed by atoms with Crippen molar-refractivity contribution in [2.45, 2.75) is 115 Å². The molecule has 1 aromatic rings. The summed E-state index contributed by atoms with van der Waals surface area (Å²) in [5, 5.41) is 3.04. The Balaban J connectivity index is 1.78. The third-order valence-corrected chi connectivity index (χ3v) is 12.1. The van der Waals surface area contributed by atoms with Crippen molar-refractivity contribution in [3.63, 3.8) is 0 Å². The molecule has 1 unspecified atom stereocenters. The summed E-state index contributed by atoms with van der Waals surface area (Å²) in [6.45, 7) is 22.2. The molecule has 1 N–H and O–H groups in total. The quantitative estimate of drug-likeness (QED) is 0.226. The Kier molecular flexibility index (Phi) is 9.29. The summed E-state index contributed by atoms with van der Waals surface area (Å²) in [5.41, 5.74) is -2.15. The number of amides is 2. The predicted molar refractivity (Wildman–Crippen MR) is 176 cm³/mol. The van der Waals surface area contributed by atoms with Crippen LogP contribution in [0, 0.1) is 11.7 Å². The van der Waals surface area contributed by atoms with Crippen LogP contribution in [0.5, 0.6) is 0 Å². The summed E-state index contributed by atoms with van der Waals surface area (Å²) >= 11 is 1.22. The van der Waals surface area contributed by atoms with Crippen LogP contribution in [0.15, 0.2) is 23.2 Å². The molecule has 0 radical (unpaired) electrons. The van der Waals surface area contributed by atoms with Gasteiger partial charge in [-0.3, -0.25) is 9.79 Å². The van der Waals surface area contributed by atoms with E-state index in [-0.39, 0.29) is 23.7 Å². The van der Waals surface area contributed by atoms with Crippen LogP contribution in [-0.2, 0) is 29.1 Å². The molecule has 13 heteroatoms. The number of carbonyl (C=O) groups excluding carboxylic acids is 2. The van der Waals surface area contributed by atoms with Crippen LogP contribution in [0.25, 0.3) is 0 Å². The molecule has 2 fully saturated rings. The minimum absolute atomic E-state index is 0.105. The zero-order chi connectivity index (χ0) is 33.1. The summed E-state index contributed by atoms with van der Waals surface area (Å²) in [5.74, 6) is -0.979. The lowest BCUT2D eigenvalue weighted by atomic mass is 9.75. The fourth-order valence-electron chi connectivity index (χ4n) is 5.44. The zero-order valence-corrected chi connectivity index (χ0v) is 30.2. The fourth-order valence-corrected chi connectivity index (χ4v) is 7.81. The maximum atomic E-state index is 15.9. The maximum Gasteiger partial charge on any atom is 0.494 e. The van der Waals surface area contributed by atoms with Crippen molar-refractivity contribution in [3.8, 4) is 0 Å². The van der Waals surface area contributed by atoms with Gasteiger partial charge in [0.2, 0.25) is 5.91 Å². The van der Waals surface area contributed by atoms with Gasteiger partial charge in [0.25, 0.3) is 0 Å². The average Bonchev–Trinajstić information content (AvgIpc) is 3.58. The van der Waals surface area contributed by atoms with Crippen LogP contribution in [-0.4, -0.2) is 79.2 Å². The van der Waals surface area contributed by atoms with Gasteiger partial charge in [-0.2, -0.15) is 0 Å². The van der Waals surface area contributed by atoms with Crippen molar-refractivity contribution in [1.29, 1.82) is 0 Å². The van der Waals surface area contributed by atoms with Gasteiger partial charge in [0, 0.05) is 33.2 Å². The standard InChI is InChI=1S/C31H49BFN3O6SSi/c1-27(2,3)40-26(38)36(19-39-15-16-44(10,11)12)25-35-30(8,23-18-31(23,43-25)24(37)34-9)21-17-20(13-14-22(21)33)32-41-28(4,5)29(6,7)42-32/h13-14,17,23H,15-16,18-19H2,1-12H3,(H,34,37)/t23?,30-,31+/m1/s1. The number of nitrogens with one attached hydrogen (secondary N) is 1. The minimum Gasteiger partial charge on any atom is -0.443 e. The van der Waals surface area contributed by atoms with Crippen molar-refractivity contribution in [2.75, 3.05) is 20.4 Å². The first-order valence-electron chi connectivity index (χ1n) is 15.3. The average molecular weight is 650 g/mol. The predicted octanol–water partition coefficient (Wildman–Crippen LogP) is 5.50. The van der Waals surface area contributed by atoms with Crippen molar-refractivity contribution in [1.82, 2.24) is 10.2 Å². The summed E-state index contributed by atoms with van der Waals surface area (Å²) in [7, 11) is -0.509. The smallest absolute Gasteiger partial charge is 0.443 e. The van der Waals surface area contributed by atoms with Crippen LogP contribution in [0.4, 0.5) is 9.18 Å². The molecule has 2 heterocycles. The maximum absolute atomic E-state index is 15.9. The largest absolute Gasteiger partial charge is 0.494 e.